The summed E-state index contributed by atoms with van der Waals surface area (Å²) in [7, 11) is 3.62. The van der Waals surface area contributed by atoms with E-state index in [1.54, 1.807) is 19.2 Å². The van der Waals surface area contributed by atoms with E-state index in [2.05, 4.69) is 15.3 Å². The number of rotatable bonds is 7. The van der Waals surface area contributed by atoms with Gasteiger partial charge in [-0.05, 0) is 31.2 Å². The highest BCUT2D eigenvalue weighted by Gasteiger charge is 2.29. The first-order valence-corrected chi connectivity index (χ1v) is 9.02. The normalized spacial score (nSPS) is 15.7. The van der Waals surface area contributed by atoms with Crippen LogP contribution in [0.25, 0.3) is 0 Å². The van der Waals surface area contributed by atoms with Gasteiger partial charge >= 0.3 is 6.18 Å². The Balaban J connectivity index is 0.00000392. The van der Waals surface area contributed by atoms with Crippen molar-refractivity contribution < 1.29 is 22.6 Å². The topological polar surface area (TPSA) is 59.0 Å². The lowest BCUT2D eigenvalue weighted by atomic mass is 9.96. The number of nitrogens with one attached hydrogen (secondary N) is 1. The molecule has 0 aliphatic carbocycles. The average Bonchev–Trinajstić information content (AvgIpc) is 2.66. The van der Waals surface area contributed by atoms with Gasteiger partial charge in [0.05, 0.1) is 0 Å². The van der Waals surface area contributed by atoms with E-state index in [1.807, 2.05) is 11.9 Å². The highest BCUT2D eigenvalue weighted by molar-refractivity contribution is 14.0. The van der Waals surface area contributed by atoms with Crippen LogP contribution >= 0.6 is 24.0 Å². The minimum Gasteiger partial charge on any atom is -0.468 e. The highest BCUT2D eigenvalue weighted by atomic mass is 127. The zero-order chi connectivity index (χ0) is 19.7. The number of hydrogen-bond acceptors (Lipinski definition) is 4. The predicted molar refractivity (Wildman–Crippen MR) is 112 cm³/mol. The Morgan fingerprint density at radius 2 is 2.11 bits per heavy atom. The van der Waals surface area contributed by atoms with Crippen molar-refractivity contribution in [1.29, 1.82) is 0 Å². The first-order chi connectivity index (χ1) is 12.9. The molecule has 1 N–H and O–H groups in total. The molecular formula is C18H28F3IN4O2. The Hall–Kier alpha value is -1.30. The van der Waals surface area contributed by atoms with Gasteiger partial charge in [-0.25, -0.2) is 4.98 Å². The number of hydrogen-bond donors (Lipinski definition) is 1. The zero-order valence-corrected chi connectivity index (χ0v) is 18.5. The number of ether oxygens (including phenoxy) is 2. The van der Waals surface area contributed by atoms with Crippen molar-refractivity contribution >= 4 is 29.9 Å². The van der Waals surface area contributed by atoms with E-state index in [0.29, 0.717) is 17.4 Å². The van der Waals surface area contributed by atoms with Crippen LogP contribution in [0.3, 0.4) is 0 Å². The molecule has 0 unspecified atom stereocenters. The van der Waals surface area contributed by atoms with E-state index < -0.39 is 12.8 Å². The summed E-state index contributed by atoms with van der Waals surface area (Å²) in [4.78, 5) is 10.2. The largest absolute Gasteiger partial charge is 0.468 e. The fourth-order valence-corrected chi connectivity index (χ4v) is 2.92. The van der Waals surface area contributed by atoms with Crippen LogP contribution in [0.5, 0.6) is 5.88 Å². The molecule has 0 amide bonds. The third-order valence-corrected chi connectivity index (χ3v) is 4.45. The van der Waals surface area contributed by atoms with Crippen molar-refractivity contribution in [3.05, 3.63) is 23.9 Å². The first kappa shape index (κ1) is 24.7. The van der Waals surface area contributed by atoms with Crippen LogP contribution in [-0.2, 0) is 11.3 Å². The van der Waals surface area contributed by atoms with Gasteiger partial charge in [0.2, 0.25) is 5.88 Å². The Labute approximate surface area is 180 Å². The van der Waals surface area contributed by atoms with Crippen molar-refractivity contribution in [3.8, 4) is 5.88 Å². The lowest BCUT2D eigenvalue weighted by Crippen LogP contribution is -2.39. The first-order valence-electron chi connectivity index (χ1n) is 9.02. The third kappa shape index (κ3) is 8.80. The van der Waals surface area contributed by atoms with Crippen LogP contribution in [0.15, 0.2) is 23.3 Å². The molecule has 1 saturated heterocycles. The molecule has 28 heavy (non-hydrogen) atoms. The van der Waals surface area contributed by atoms with E-state index in [1.165, 1.54) is 6.20 Å². The van der Waals surface area contributed by atoms with Gasteiger partial charge in [0, 0.05) is 52.2 Å². The van der Waals surface area contributed by atoms with Crippen LogP contribution in [-0.4, -0.2) is 62.5 Å². The Morgan fingerprint density at radius 3 is 2.75 bits per heavy atom. The van der Waals surface area contributed by atoms with Crippen molar-refractivity contribution in [1.82, 2.24) is 15.2 Å². The average molecular weight is 516 g/mol. The number of halogens is 4. The molecule has 2 heterocycles. The summed E-state index contributed by atoms with van der Waals surface area (Å²) >= 11 is 0. The molecule has 0 atom stereocenters. The van der Waals surface area contributed by atoms with Crippen molar-refractivity contribution in [2.75, 3.05) is 40.5 Å². The summed E-state index contributed by atoms with van der Waals surface area (Å²) in [6.45, 7) is 1.40. The van der Waals surface area contributed by atoms with Gasteiger partial charge < -0.3 is 19.7 Å². The molecule has 2 rings (SSSR count). The number of pyridine rings is 1. The van der Waals surface area contributed by atoms with Crippen LogP contribution in [0.2, 0.25) is 0 Å². The van der Waals surface area contributed by atoms with Crippen LogP contribution in [0.4, 0.5) is 13.2 Å². The standard InChI is InChI=1S/C18H27F3N4O2.HI/c1-22-17(25(2)9-5-14-6-10-26-11-7-14)24-12-15-4-3-8-23-16(15)27-13-18(19,20)21;/h3-4,8,14H,5-7,9-13H2,1-2H3,(H,22,24);1H. The maximum atomic E-state index is 12.4. The molecule has 0 spiro atoms. The van der Waals surface area contributed by atoms with E-state index in [-0.39, 0.29) is 36.4 Å². The predicted octanol–water partition coefficient (Wildman–Crippen LogP) is 3.46. The molecule has 0 bridgehead atoms. The minimum atomic E-state index is -4.40. The Morgan fingerprint density at radius 1 is 1.39 bits per heavy atom. The molecule has 1 fully saturated rings. The van der Waals surface area contributed by atoms with E-state index in [0.717, 1.165) is 39.0 Å². The Kier molecular flexibility index (Phi) is 10.9. The second-order valence-electron chi connectivity index (χ2n) is 6.54. The maximum absolute atomic E-state index is 12.4. The molecule has 1 aromatic heterocycles. The molecule has 160 valence electrons. The van der Waals surface area contributed by atoms with Gasteiger partial charge in [-0.15, -0.1) is 24.0 Å². The third-order valence-electron chi connectivity index (χ3n) is 4.45. The molecule has 10 heteroatoms. The van der Waals surface area contributed by atoms with Crippen LogP contribution in [0.1, 0.15) is 24.8 Å². The Bertz CT molecular complexity index is 611. The van der Waals surface area contributed by atoms with Crippen LogP contribution in [0, 0.1) is 5.92 Å². The second-order valence-corrected chi connectivity index (χ2v) is 6.54. The van der Waals surface area contributed by atoms with Gasteiger partial charge in [0.1, 0.15) is 0 Å². The summed E-state index contributed by atoms with van der Waals surface area (Å²) < 4.78 is 47.3. The molecule has 0 saturated carbocycles. The second kappa shape index (κ2) is 12.3. The van der Waals surface area contributed by atoms with Gasteiger partial charge in [0.25, 0.3) is 0 Å². The number of alkyl halides is 3. The summed E-state index contributed by atoms with van der Waals surface area (Å²) in [5, 5.41) is 3.16. The minimum absolute atomic E-state index is 0. The lowest BCUT2D eigenvalue weighted by Gasteiger charge is -2.27. The zero-order valence-electron chi connectivity index (χ0n) is 16.2. The summed E-state index contributed by atoms with van der Waals surface area (Å²) in [5.41, 5.74) is 0.542. The highest BCUT2D eigenvalue weighted by Crippen LogP contribution is 2.20. The number of guanidine groups is 1. The van der Waals surface area contributed by atoms with E-state index >= 15 is 0 Å². The van der Waals surface area contributed by atoms with E-state index in [4.69, 9.17) is 9.47 Å². The lowest BCUT2D eigenvalue weighted by molar-refractivity contribution is -0.154. The van der Waals surface area contributed by atoms with Crippen molar-refractivity contribution in [3.63, 3.8) is 0 Å². The molecule has 0 radical (unpaired) electrons. The monoisotopic (exact) mass is 516 g/mol. The van der Waals surface area contributed by atoms with Gasteiger partial charge in [0.15, 0.2) is 12.6 Å². The maximum Gasteiger partial charge on any atom is 0.422 e. The fourth-order valence-electron chi connectivity index (χ4n) is 2.92. The summed E-state index contributed by atoms with van der Waals surface area (Å²) in [5.74, 6) is 1.30. The molecule has 6 nitrogen and oxygen atoms in total. The molecule has 1 aromatic rings. The quantitative estimate of drug-likeness (QED) is 0.342. The fraction of sp³-hybridized carbons (Fsp3) is 0.667. The van der Waals surface area contributed by atoms with Crippen LogP contribution < -0.4 is 10.1 Å². The molecule has 1 aliphatic heterocycles. The molecule has 0 aromatic carbocycles. The SMILES string of the molecule is CN=C(NCc1cccnc1OCC(F)(F)F)N(C)CCC1CCOCC1.I. The summed E-state index contributed by atoms with van der Waals surface area (Å²) in [6.07, 6.45) is 0.213. The summed E-state index contributed by atoms with van der Waals surface area (Å²) in [6, 6.07) is 3.34. The number of nitrogens with zero attached hydrogens (tertiary/aromatic N) is 3. The smallest absolute Gasteiger partial charge is 0.422 e. The van der Waals surface area contributed by atoms with Gasteiger partial charge in [-0.1, -0.05) is 6.07 Å². The van der Waals surface area contributed by atoms with Crippen molar-refractivity contribution in [2.45, 2.75) is 32.0 Å². The molecular weight excluding hydrogens is 488 g/mol. The number of aliphatic imine (C=N–C) groups is 1. The number of aromatic nitrogens is 1. The molecule has 1 aliphatic rings. The van der Waals surface area contributed by atoms with Gasteiger partial charge in [-0.3, -0.25) is 4.99 Å². The van der Waals surface area contributed by atoms with Crippen molar-refractivity contribution in [2.24, 2.45) is 10.9 Å². The van der Waals surface area contributed by atoms with Gasteiger partial charge in [-0.2, -0.15) is 13.2 Å². The van der Waals surface area contributed by atoms with E-state index in [9.17, 15) is 13.2 Å².